The van der Waals surface area contributed by atoms with Gasteiger partial charge in [0.2, 0.25) is 5.95 Å². The Morgan fingerprint density at radius 2 is 1.59 bits per heavy atom. The molecule has 0 aliphatic rings. The molecule has 1 heterocycles. The molecule has 0 radical (unpaired) electrons. The van der Waals surface area contributed by atoms with E-state index in [2.05, 4.69) is 20.0 Å². The molecule has 3 rings (SSSR count). The molecule has 0 aliphatic heterocycles. The molecule has 9 heteroatoms. The molecule has 0 fully saturated rings. The predicted octanol–water partition coefficient (Wildman–Crippen LogP) is 4.36. The summed E-state index contributed by atoms with van der Waals surface area (Å²) < 4.78 is 27.9. The summed E-state index contributed by atoms with van der Waals surface area (Å²) >= 11 is 5.95. The van der Waals surface area contributed by atoms with Gasteiger partial charge in [-0.2, -0.15) is 4.98 Å². The molecule has 7 nitrogen and oxygen atoms in total. The van der Waals surface area contributed by atoms with Crippen LogP contribution in [0.5, 0.6) is 0 Å². The zero-order valence-corrected chi connectivity index (χ0v) is 18.1. The lowest BCUT2D eigenvalue weighted by Gasteiger charge is -2.14. The van der Waals surface area contributed by atoms with Crippen molar-refractivity contribution in [3.8, 4) is 0 Å². The lowest BCUT2D eigenvalue weighted by molar-refractivity contribution is 0.600. The topological polar surface area (TPSA) is 87.2 Å². The molecule has 0 spiro atoms. The summed E-state index contributed by atoms with van der Waals surface area (Å²) in [6.07, 6.45) is 0. The number of hydrogen-bond donors (Lipinski definition) is 2. The van der Waals surface area contributed by atoms with E-state index in [1.54, 1.807) is 43.3 Å². The number of rotatable bonds is 6. The van der Waals surface area contributed by atoms with Crippen molar-refractivity contribution in [3.63, 3.8) is 0 Å². The highest BCUT2D eigenvalue weighted by atomic mass is 35.5. The second kappa shape index (κ2) is 8.26. The summed E-state index contributed by atoms with van der Waals surface area (Å²) in [4.78, 5) is 10.9. The first-order valence-corrected chi connectivity index (χ1v) is 10.7. The fourth-order valence-electron chi connectivity index (χ4n) is 2.66. The van der Waals surface area contributed by atoms with Gasteiger partial charge in [-0.1, -0.05) is 17.7 Å². The molecule has 0 saturated carbocycles. The predicted molar refractivity (Wildman–Crippen MR) is 118 cm³/mol. The van der Waals surface area contributed by atoms with Gasteiger partial charge in [0.15, 0.2) is 0 Å². The third kappa shape index (κ3) is 5.16. The highest BCUT2D eigenvalue weighted by Gasteiger charge is 2.17. The Morgan fingerprint density at radius 3 is 2.24 bits per heavy atom. The highest BCUT2D eigenvalue weighted by molar-refractivity contribution is 7.92. The molecular formula is C20H22ClN5O2S. The Kier molecular flexibility index (Phi) is 5.95. The summed E-state index contributed by atoms with van der Waals surface area (Å²) in [5.74, 6) is 1.26. The molecule has 152 valence electrons. The van der Waals surface area contributed by atoms with E-state index in [9.17, 15) is 8.42 Å². The molecule has 0 amide bonds. The van der Waals surface area contributed by atoms with E-state index in [0.717, 1.165) is 17.2 Å². The van der Waals surface area contributed by atoms with Crippen LogP contribution in [0, 0.1) is 13.8 Å². The first kappa shape index (κ1) is 20.9. The molecule has 2 aromatic carbocycles. The molecule has 29 heavy (non-hydrogen) atoms. The third-order valence-corrected chi connectivity index (χ3v) is 5.89. The van der Waals surface area contributed by atoms with E-state index >= 15 is 0 Å². The average Bonchev–Trinajstić information content (AvgIpc) is 2.64. The minimum atomic E-state index is -3.74. The van der Waals surface area contributed by atoms with Gasteiger partial charge in [0, 0.05) is 42.3 Å². The van der Waals surface area contributed by atoms with Crippen LogP contribution in [-0.2, 0) is 10.0 Å². The number of halogens is 1. The van der Waals surface area contributed by atoms with Gasteiger partial charge in [0.05, 0.1) is 4.90 Å². The molecule has 1 aromatic heterocycles. The van der Waals surface area contributed by atoms with E-state index in [-0.39, 0.29) is 4.90 Å². The van der Waals surface area contributed by atoms with Crippen LogP contribution in [0.4, 0.5) is 23.1 Å². The SMILES string of the molecule is Cc1cc(N(C)C)nc(Nc2ccc(NS(=O)(=O)c3cc(Cl)ccc3C)cc2)n1. The summed E-state index contributed by atoms with van der Waals surface area (Å²) in [7, 11) is 0.0775. The maximum atomic E-state index is 12.7. The van der Waals surface area contributed by atoms with Crippen LogP contribution in [0.15, 0.2) is 53.4 Å². The number of nitrogens with one attached hydrogen (secondary N) is 2. The Hall–Kier alpha value is -2.84. The van der Waals surface area contributed by atoms with E-state index in [0.29, 0.717) is 22.2 Å². The van der Waals surface area contributed by atoms with Crippen molar-refractivity contribution in [2.24, 2.45) is 0 Å². The third-order valence-electron chi connectivity index (χ3n) is 4.13. The lowest BCUT2D eigenvalue weighted by atomic mass is 10.2. The summed E-state index contributed by atoms with van der Waals surface area (Å²) in [5, 5.41) is 3.50. The van der Waals surface area contributed by atoms with E-state index < -0.39 is 10.0 Å². The number of anilines is 4. The Bertz CT molecular complexity index is 1130. The van der Waals surface area contributed by atoms with Crippen LogP contribution in [-0.4, -0.2) is 32.5 Å². The molecule has 0 atom stereocenters. The van der Waals surface area contributed by atoms with Crippen LogP contribution in [0.1, 0.15) is 11.3 Å². The fraction of sp³-hybridized carbons (Fsp3) is 0.200. The van der Waals surface area contributed by atoms with Gasteiger partial charge >= 0.3 is 0 Å². The largest absolute Gasteiger partial charge is 0.363 e. The van der Waals surface area contributed by atoms with Crippen LogP contribution in [0.3, 0.4) is 0 Å². The van der Waals surface area contributed by atoms with Gasteiger partial charge < -0.3 is 10.2 Å². The number of nitrogens with zero attached hydrogens (tertiary/aromatic N) is 3. The molecule has 0 bridgehead atoms. The summed E-state index contributed by atoms with van der Waals surface area (Å²) in [5.41, 5.74) is 2.64. The zero-order valence-electron chi connectivity index (χ0n) is 16.6. The molecule has 0 unspecified atom stereocenters. The minimum Gasteiger partial charge on any atom is -0.363 e. The average molecular weight is 432 g/mol. The molecule has 0 aliphatic carbocycles. The van der Waals surface area contributed by atoms with Gasteiger partial charge in [-0.3, -0.25) is 4.72 Å². The standard InChI is InChI=1S/C20H22ClN5O2S/c1-13-5-6-15(21)12-18(13)29(27,28)25-17-9-7-16(8-10-17)23-20-22-14(2)11-19(24-20)26(3)4/h5-12,25H,1-4H3,(H,22,23,24). The van der Waals surface area contributed by atoms with Gasteiger partial charge in [-0.25, -0.2) is 13.4 Å². The van der Waals surface area contributed by atoms with Crippen molar-refractivity contribution in [1.29, 1.82) is 0 Å². The highest BCUT2D eigenvalue weighted by Crippen LogP contribution is 2.24. The maximum Gasteiger partial charge on any atom is 0.262 e. The van der Waals surface area contributed by atoms with Gasteiger partial charge in [0.1, 0.15) is 5.82 Å². The Morgan fingerprint density at radius 1 is 0.931 bits per heavy atom. The maximum absolute atomic E-state index is 12.7. The van der Waals surface area contributed by atoms with Crippen LogP contribution in [0.2, 0.25) is 5.02 Å². The van der Waals surface area contributed by atoms with E-state index in [4.69, 9.17) is 11.6 Å². The molecule has 0 saturated heterocycles. The Labute approximate surface area is 175 Å². The molecule has 3 aromatic rings. The normalized spacial score (nSPS) is 11.2. The number of aromatic nitrogens is 2. The summed E-state index contributed by atoms with van der Waals surface area (Å²) in [6, 6.07) is 13.5. The molecular weight excluding hydrogens is 410 g/mol. The van der Waals surface area contributed by atoms with E-state index in [1.165, 1.54) is 6.07 Å². The number of hydrogen-bond acceptors (Lipinski definition) is 6. The van der Waals surface area contributed by atoms with Crippen LogP contribution in [0.25, 0.3) is 0 Å². The van der Waals surface area contributed by atoms with Crippen molar-refractivity contribution in [3.05, 3.63) is 64.8 Å². The van der Waals surface area contributed by atoms with Crippen molar-refractivity contribution < 1.29 is 8.42 Å². The van der Waals surface area contributed by atoms with Crippen molar-refractivity contribution in [1.82, 2.24) is 9.97 Å². The monoisotopic (exact) mass is 431 g/mol. The second-order valence-corrected chi connectivity index (χ2v) is 8.89. The van der Waals surface area contributed by atoms with Crippen LogP contribution < -0.4 is 14.9 Å². The number of sulfonamides is 1. The number of benzene rings is 2. The van der Waals surface area contributed by atoms with Crippen molar-refractivity contribution in [2.45, 2.75) is 18.7 Å². The van der Waals surface area contributed by atoms with Crippen molar-refractivity contribution >= 4 is 44.8 Å². The quantitative estimate of drug-likeness (QED) is 0.603. The second-order valence-electron chi connectivity index (χ2n) is 6.80. The number of aryl methyl sites for hydroxylation is 2. The summed E-state index contributed by atoms with van der Waals surface area (Å²) in [6.45, 7) is 3.62. The smallest absolute Gasteiger partial charge is 0.262 e. The zero-order chi connectivity index (χ0) is 21.2. The van der Waals surface area contributed by atoms with Gasteiger partial charge in [-0.15, -0.1) is 0 Å². The molecule has 2 N–H and O–H groups in total. The fourth-order valence-corrected chi connectivity index (χ4v) is 4.23. The first-order valence-electron chi connectivity index (χ1n) is 8.83. The van der Waals surface area contributed by atoms with Crippen molar-refractivity contribution in [2.75, 3.05) is 29.0 Å². The van der Waals surface area contributed by atoms with E-state index in [1.807, 2.05) is 32.0 Å². The Balaban J connectivity index is 1.78. The van der Waals surface area contributed by atoms with Crippen LogP contribution >= 0.6 is 11.6 Å². The lowest BCUT2D eigenvalue weighted by Crippen LogP contribution is -2.14. The first-order chi connectivity index (χ1) is 13.6. The van der Waals surface area contributed by atoms with Gasteiger partial charge in [0.25, 0.3) is 10.0 Å². The minimum absolute atomic E-state index is 0.150. The van der Waals surface area contributed by atoms with Gasteiger partial charge in [-0.05, 0) is 55.8 Å².